The molecule has 0 unspecified atom stereocenters. The molecule has 0 bridgehead atoms. The van der Waals surface area contributed by atoms with Gasteiger partial charge >= 0.3 is 0 Å². The molecule has 2 aromatic carbocycles. The Kier molecular flexibility index (Phi) is 5.09. The zero-order valence-electron chi connectivity index (χ0n) is 14.8. The van der Waals surface area contributed by atoms with E-state index in [0.717, 1.165) is 6.26 Å². The van der Waals surface area contributed by atoms with Gasteiger partial charge in [-0.2, -0.15) is 0 Å². The number of halogens is 1. The molecule has 0 saturated carbocycles. The Hall–Kier alpha value is -3.00. The van der Waals surface area contributed by atoms with Crippen molar-refractivity contribution in [3.63, 3.8) is 0 Å². The summed E-state index contributed by atoms with van der Waals surface area (Å²) in [7, 11) is -3.44. The van der Waals surface area contributed by atoms with Crippen LogP contribution >= 0.6 is 0 Å². The molecule has 0 fully saturated rings. The fraction of sp³-hybridized carbons (Fsp3) is 0.158. The number of nitrogens with zero attached hydrogens (tertiary/aromatic N) is 1. The van der Waals surface area contributed by atoms with E-state index in [-0.39, 0.29) is 12.5 Å². The van der Waals surface area contributed by atoms with Crippen LogP contribution in [0.1, 0.15) is 21.6 Å². The van der Waals surface area contributed by atoms with Gasteiger partial charge in [0.1, 0.15) is 5.82 Å². The monoisotopic (exact) mass is 387 g/mol. The summed E-state index contributed by atoms with van der Waals surface area (Å²) in [6, 6.07) is 12.5. The van der Waals surface area contributed by atoms with Crippen molar-refractivity contribution in [2.45, 2.75) is 13.5 Å². The SMILES string of the molecule is Cc1cc(C(=O)NCc2ccccc2NS(C)(=O)=O)c2ccc(F)cc2n1. The topological polar surface area (TPSA) is 88.2 Å². The number of nitrogens with one attached hydrogen (secondary N) is 2. The van der Waals surface area contributed by atoms with Crippen molar-refractivity contribution in [2.75, 3.05) is 11.0 Å². The number of hydrogen-bond donors (Lipinski definition) is 2. The Labute approximate surface area is 156 Å². The number of pyridine rings is 1. The van der Waals surface area contributed by atoms with Crippen molar-refractivity contribution in [3.8, 4) is 0 Å². The number of anilines is 1. The lowest BCUT2D eigenvalue weighted by Gasteiger charge is -2.13. The van der Waals surface area contributed by atoms with E-state index >= 15 is 0 Å². The Morgan fingerprint density at radius 1 is 1.15 bits per heavy atom. The smallest absolute Gasteiger partial charge is 0.252 e. The van der Waals surface area contributed by atoms with Crippen LogP contribution in [0, 0.1) is 12.7 Å². The van der Waals surface area contributed by atoms with Crippen LogP contribution in [-0.2, 0) is 16.6 Å². The molecule has 1 amide bonds. The normalized spacial score (nSPS) is 11.4. The van der Waals surface area contributed by atoms with Crippen LogP contribution in [0.4, 0.5) is 10.1 Å². The van der Waals surface area contributed by atoms with Crippen LogP contribution < -0.4 is 10.0 Å². The first-order valence-corrected chi connectivity index (χ1v) is 10.0. The molecule has 3 aromatic rings. The van der Waals surface area contributed by atoms with Gasteiger partial charge in [-0.05, 0) is 36.8 Å². The fourth-order valence-electron chi connectivity index (χ4n) is 2.77. The van der Waals surface area contributed by atoms with E-state index in [9.17, 15) is 17.6 Å². The minimum atomic E-state index is -3.44. The number of amides is 1. The second-order valence-corrected chi connectivity index (χ2v) is 7.94. The molecule has 0 aliphatic heterocycles. The summed E-state index contributed by atoms with van der Waals surface area (Å²) in [6.07, 6.45) is 1.06. The van der Waals surface area contributed by atoms with E-state index < -0.39 is 15.8 Å². The first kappa shape index (κ1) is 18.8. The molecule has 2 N–H and O–H groups in total. The van der Waals surface area contributed by atoms with E-state index in [4.69, 9.17) is 0 Å². The largest absolute Gasteiger partial charge is 0.348 e. The molecular weight excluding hydrogens is 369 g/mol. The van der Waals surface area contributed by atoms with Gasteiger partial charge in [0.25, 0.3) is 5.91 Å². The van der Waals surface area contributed by atoms with Crippen LogP contribution in [-0.4, -0.2) is 25.6 Å². The number of carbonyl (C=O) groups is 1. The first-order chi connectivity index (χ1) is 12.7. The molecular formula is C19H18FN3O3S. The van der Waals surface area contributed by atoms with Crippen LogP contribution in [0.15, 0.2) is 48.5 Å². The summed E-state index contributed by atoms with van der Waals surface area (Å²) < 4.78 is 38.9. The molecule has 1 aromatic heterocycles. The van der Waals surface area contributed by atoms with E-state index in [0.29, 0.717) is 33.4 Å². The van der Waals surface area contributed by atoms with Gasteiger partial charge in [-0.1, -0.05) is 18.2 Å². The van der Waals surface area contributed by atoms with Gasteiger partial charge in [-0.25, -0.2) is 12.8 Å². The molecule has 0 atom stereocenters. The number of aromatic nitrogens is 1. The number of fused-ring (bicyclic) bond motifs is 1. The van der Waals surface area contributed by atoms with Crippen LogP contribution in [0.25, 0.3) is 10.9 Å². The maximum absolute atomic E-state index is 13.5. The number of aryl methyl sites for hydroxylation is 1. The Bertz CT molecular complexity index is 1120. The van der Waals surface area contributed by atoms with E-state index in [1.54, 1.807) is 37.3 Å². The second kappa shape index (κ2) is 7.32. The highest BCUT2D eigenvalue weighted by Crippen LogP contribution is 2.20. The number of sulfonamides is 1. The molecule has 0 aliphatic rings. The number of carbonyl (C=O) groups excluding carboxylic acids is 1. The highest BCUT2D eigenvalue weighted by atomic mass is 32.2. The number of rotatable bonds is 5. The van der Waals surface area contributed by atoms with Crippen molar-refractivity contribution in [3.05, 3.63) is 71.2 Å². The van der Waals surface area contributed by atoms with Gasteiger partial charge in [-0.3, -0.25) is 14.5 Å². The zero-order valence-corrected chi connectivity index (χ0v) is 15.6. The van der Waals surface area contributed by atoms with E-state index in [1.165, 1.54) is 18.2 Å². The van der Waals surface area contributed by atoms with Crippen LogP contribution in [0.5, 0.6) is 0 Å². The molecule has 0 saturated heterocycles. The molecule has 27 heavy (non-hydrogen) atoms. The summed E-state index contributed by atoms with van der Waals surface area (Å²) in [4.78, 5) is 16.9. The molecule has 6 nitrogen and oxygen atoms in total. The van der Waals surface area contributed by atoms with Crippen LogP contribution in [0.2, 0.25) is 0 Å². The molecule has 0 spiro atoms. The van der Waals surface area contributed by atoms with Gasteiger partial charge in [0.05, 0.1) is 23.0 Å². The molecule has 3 rings (SSSR count). The summed E-state index contributed by atoms with van der Waals surface area (Å²) in [5.74, 6) is -0.779. The minimum Gasteiger partial charge on any atom is -0.348 e. The number of para-hydroxylation sites is 1. The van der Waals surface area contributed by atoms with E-state index in [2.05, 4.69) is 15.0 Å². The summed E-state index contributed by atoms with van der Waals surface area (Å²) in [6.45, 7) is 1.86. The lowest BCUT2D eigenvalue weighted by Crippen LogP contribution is -2.24. The highest BCUT2D eigenvalue weighted by Gasteiger charge is 2.14. The van der Waals surface area contributed by atoms with Crippen molar-refractivity contribution < 1.29 is 17.6 Å². The van der Waals surface area contributed by atoms with Crippen molar-refractivity contribution >= 4 is 32.5 Å². The highest BCUT2D eigenvalue weighted by molar-refractivity contribution is 7.92. The summed E-state index contributed by atoms with van der Waals surface area (Å²) in [5.41, 5.74) is 2.40. The average Bonchev–Trinajstić information content (AvgIpc) is 2.58. The zero-order chi connectivity index (χ0) is 19.6. The first-order valence-electron chi connectivity index (χ1n) is 8.14. The predicted molar refractivity (Wildman–Crippen MR) is 103 cm³/mol. The third-order valence-corrected chi connectivity index (χ3v) is 4.49. The Morgan fingerprint density at radius 2 is 1.89 bits per heavy atom. The van der Waals surface area contributed by atoms with Gasteiger partial charge in [0, 0.05) is 23.7 Å². The lowest BCUT2D eigenvalue weighted by atomic mass is 10.1. The van der Waals surface area contributed by atoms with Gasteiger partial charge < -0.3 is 5.32 Å². The third-order valence-electron chi connectivity index (χ3n) is 3.90. The molecule has 1 heterocycles. The fourth-order valence-corrected chi connectivity index (χ4v) is 3.36. The third kappa shape index (κ3) is 4.59. The molecule has 0 aliphatic carbocycles. The lowest BCUT2D eigenvalue weighted by molar-refractivity contribution is 0.0952. The Morgan fingerprint density at radius 3 is 2.63 bits per heavy atom. The quantitative estimate of drug-likeness (QED) is 0.704. The molecule has 8 heteroatoms. The van der Waals surface area contributed by atoms with Gasteiger partial charge in [-0.15, -0.1) is 0 Å². The van der Waals surface area contributed by atoms with Gasteiger partial charge in [0.15, 0.2) is 0 Å². The maximum Gasteiger partial charge on any atom is 0.252 e. The van der Waals surface area contributed by atoms with Crippen molar-refractivity contribution in [1.29, 1.82) is 0 Å². The van der Waals surface area contributed by atoms with Gasteiger partial charge in [0.2, 0.25) is 10.0 Å². The average molecular weight is 387 g/mol. The maximum atomic E-state index is 13.5. The summed E-state index contributed by atoms with van der Waals surface area (Å²) in [5, 5.41) is 3.32. The summed E-state index contributed by atoms with van der Waals surface area (Å²) >= 11 is 0. The van der Waals surface area contributed by atoms with Crippen molar-refractivity contribution in [1.82, 2.24) is 10.3 Å². The molecule has 140 valence electrons. The second-order valence-electron chi connectivity index (χ2n) is 6.19. The Balaban J connectivity index is 1.87. The number of hydrogen-bond acceptors (Lipinski definition) is 4. The van der Waals surface area contributed by atoms with Crippen molar-refractivity contribution in [2.24, 2.45) is 0 Å². The standard InChI is InChI=1S/C19H18FN3O3S/c1-12-9-16(15-8-7-14(20)10-18(15)22-12)19(24)21-11-13-5-3-4-6-17(13)23-27(2,25)26/h3-10,23H,11H2,1-2H3,(H,21,24). The number of benzene rings is 2. The predicted octanol–water partition coefficient (Wildman–Crippen LogP) is 2.98. The van der Waals surface area contributed by atoms with Crippen LogP contribution in [0.3, 0.4) is 0 Å². The molecule has 0 radical (unpaired) electrons. The van der Waals surface area contributed by atoms with E-state index in [1.807, 2.05) is 0 Å². The minimum absolute atomic E-state index is 0.127.